The van der Waals surface area contributed by atoms with Gasteiger partial charge in [0, 0.05) is 24.6 Å². The molecule has 0 saturated heterocycles. The first-order valence-corrected chi connectivity index (χ1v) is 7.92. The van der Waals surface area contributed by atoms with E-state index < -0.39 is 0 Å². The Morgan fingerprint density at radius 3 is 3.00 bits per heavy atom. The number of thiazole rings is 1. The second-order valence-electron chi connectivity index (χ2n) is 4.12. The van der Waals surface area contributed by atoms with Gasteiger partial charge in [0.25, 0.3) is 0 Å². The van der Waals surface area contributed by atoms with Crippen LogP contribution in [-0.2, 0) is 6.54 Å². The Morgan fingerprint density at radius 2 is 2.33 bits per heavy atom. The van der Waals surface area contributed by atoms with Crippen LogP contribution in [0.3, 0.4) is 0 Å². The Labute approximate surface area is 116 Å². The van der Waals surface area contributed by atoms with E-state index in [0.29, 0.717) is 6.04 Å². The van der Waals surface area contributed by atoms with Crippen molar-refractivity contribution in [2.24, 2.45) is 0 Å². The topological polar surface area (TPSA) is 45.1 Å². The zero-order chi connectivity index (χ0) is 12.8. The molecule has 2 N–H and O–H groups in total. The first kappa shape index (κ1) is 13.7. The van der Waals surface area contributed by atoms with Gasteiger partial charge in [-0.1, -0.05) is 13.0 Å². The first-order chi connectivity index (χ1) is 8.83. The van der Waals surface area contributed by atoms with Gasteiger partial charge in [0.15, 0.2) is 0 Å². The third-order valence-corrected chi connectivity index (χ3v) is 4.76. The maximum absolute atomic E-state index is 8.94. The highest BCUT2D eigenvalue weighted by Crippen LogP contribution is 2.27. The number of aliphatic hydroxyl groups is 1. The maximum atomic E-state index is 8.94. The minimum atomic E-state index is 0.239. The van der Waals surface area contributed by atoms with Crippen LogP contribution >= 0.6 is 22.7 Å². The number of aliphatic hydroxyl groups excluding tert-OH is 1. The standard InChI is InChI=1S/C13H18N2OS2/c1-2-10(5-6-16)14-8-11-9-18-13(15-11)12-4-3-7-17-12/h3-4,7,9-10,14,16H,2,5-6,8H2,1H3. The number of nitrogens with one attached hydrogen (secondary N) is 1. The zero-order valence-corrected chi connectivity index (χ0v) is 12.1. The SMILES string of the molecule is CCC(CCO)NCc1csc(-c2cccs2)n1. The molecule has 0 saturated carbocycles. The molecule has 1 unspecified atom stereocenters. The smallest absolute Gasteiger partial charge is 0.133 e. The van der Waals surface area contributed by atoms with Crippen molar-refractivity contribution in [1.82, 2.24) is 10.3 Å². The predicted molar refractivity (Wildman–Crippen MR) is 78.0 cm³/mol. The highest BCUT2D eigenvalue weighted by Gasteiger charge is 2.08. The summed E-state index contributed by atoms with van der Waals surface area (Å²) in [5.41, 5.74) is 1.08. The Bertz CT molecular complexity index is 453. The third kappa shape index (κ3) is 3.62. The minimum absolute atomic E-state index is 0.239. The number of aromatic nitrogens is 1. The molecule has 0 amide bonds. The highest BCUT2D eigenvalue weighted by atomic mass is 32.1. The van der Waals surface area contributed by atoms with Gasteiger partial charge in [-0.3, -0.25) is 0 Å². The van der Waals surface area contributed by atoms with Crippen LogP contribution in [-0.4, -0.2) is 22.7 Å². The van der Waals surface area contributed by atoms with Crippen molar-refractivity contribution in [3.8, 4) is 9.88 Å². The molecule has 0 fully saturated rings. The number of rotatable bonds is 7. The van der Waals surface area contributed by atoms with Crippen molar-refractivity contribution in [3.05, 3.63) is 28.6 Å². The molecule has 2 aromatic rings. The van der Waals surface area contributed by atoms with Gasteiger partial charge in [-0.15, -0.1) is 22.7 Å². The summed E-state index contributed by atoms with van der Waals surface area (Å²) in [7, 11) is 0. The lowest BCUT2D eigenvalue weighted by molar-refractivity contribution is 0.262. The molecule has 1 atom stereocenters. The second-order valence-corrected chi connectivity index (χ2v) is 5.93. The number of nitrogens with zero attached hydrogens (tertiary/aromatic N) is 1. The van der Waals surface area contributed by atoms with E-state index in [2.05, 4.69) is 34.1 Å². The molecule has 0 aliphatic rings. The molecular formula is C13H18N2OS2. The van der Waals surface area contributed by atoms with E-state index in [1.165, 1.54) is 4.88 Å². The molecule has 0 spiro atoms. The first-order valence-electron chi connectivity index (χ1n) is 6.16. The molecule has 3 nitrogen and oxygen atoms in total. The summed E-state index contributed by atoms with van der Waals surface area (Å²) in [6, 6.07) is 4.52. The van der Waals surface area contributed by atoms with Gasteiger partial charge in [0.2, 0.25) is 0 Å². The van der Waals surface area contributed by atoms with Crippen LogP contribution in [0.25, 0.3) is 9.88 Å². The summed E-state index contributed by atoms with van der Waals surface area (Å²) < 4.78 is 0. The normalized spacial score (nSPS) is 12.8. The van der Waals surface area contributed by atoms with E-state index in [1.807, 2.05) is 6.07 Å². The van der Waals surface area contributed by atoms with Crippen molar-refractivity contribution < 1.29 is 5.11 Å². The van der Waals surface area contributed by atoms with E-state index in [9.17, 15) is 0 Å². The fraction of sp³-hybridized carbons (Fsp3) is 0.462. The van der Waals surface area contributed by atoms with Crippen LogP contribution in [0, 0.1) is 0 Å². The monoisotopic (exact) mass is 282 g/mol. The highest BCUT2D eigenvalue weighted by molar-refractivity contribution is 7.20. The molecule has 0 aliphatic carbocycles. The molecule has 0 aromatic carbocycles. The predicted octanol–water partition coefficient (Wildman–Crippen LogP) is 3.12. The van der Waals surface area contributed by atoms with Crippen LogP contribution in [0.1, 0.15) is 25.5 Å². The molecule has 0 radical (unpaired) electrons. The molecule has 18 heavy (non-hydrogen) atoms. The van der Waals surface area contributed by atoms with E-state index in [1.54, 1.807) is 22.7 Å². The average molecular weight is 282 g/mol. The summed E-state index contributed by atoms with van der Waals surface area (Å²) in [5, 5.41) is 17.6. The Morgan fingerprint density at radius 1 is 1.44 bits per heavy atom. The molecule has 2 heterocycles. The molecule has 2 aromatic heterocycles. The lowest BCUT2D eigenvalue weighted by Gasteiger charge is -2.14. The summed E-state index contributed by atoms with van der Waals surface area (Å²) in [4.78, 5) is 5.85. The molecular weight excluding hydrogens is 264 g/mol. The third-order valence-electron chi connectivity index (χ3n) is 2.83. The maximum Gasteiger partial charge on any atom is 0.133 e. The Balaban J connectivity index is 1.91. The van der Waals surface area contributed by atoms with Gasteiger partial charge in [-0.05, 0) is 24.3 Å². The van der Waals surface area contributed by atoms with Gasteiger partial charge >= 0.3 is 0 Å². The van der Waals surface area contributed by atoms with Gasteiger partial charge in [-0.25, -0.2) is 4.98 Å². The van der Waals surface area contributed by atoms with Crippen LogP contribution in [0.15, 0.2) is 22.9 Å². The number of thiophene rings is 1. The van der Waals surface area contributed by atoms with Crippen LogP contribution in [0.2, 0.25) is 0 Å². The van der Waals surface area contributed by atoms with Crippen molar-refractivity contribution in [1.29, 1.82) is 0 Å². The van der Waals surface area contributed by atoms with Crippen molar-refractivity contribution in [2.75, 3.05) is 6.61 Å². The Hall–Kier alpha value is -0.750. The molecule has 98 valence electrons. The van der Waals surface area contributed by atoms with Crippen molar-refractivity contribution in [3.63, 3.8) is 0 Å². The van der Waals surface area contributed by atoms with E-state index in [-0.39, 0.29) is 6.61 Å². The Kier molecular flexibility index (Phi) is 5.31. The van der Waals surface area contributed by atoms with Crippen LogP contribution in [0.4, 0.5) is 0 Å². The summed E-state index contributed by atoms with van der Waals surface area (Å²) in [6.07, 6.45) is 1.83. The molecule has 0 bridgehead atoms. The van der Waals surface area contributed by atoms with Gasteiger partial charge in [0.05, 0.1) is 10.6 Å². The lowest BCUT2D eigenvalue weighted by atomic mass is 10.1. The van der Waals surface area contributed by atoms with Gasteiger partial charge in [0.1, 0.15) is 5.01 Å². The summed E-state index contributed by atoms with van der Waals surface area (Å²) in [5.74, 6) is 0. The summed E-state index contributed by atoms with van der Waals surface area (Å²) in [6.45, 7) is 3.15. The average Bonchev–Trinajstić information content (AvgIpc) is 3.04. The van der Waals surface area contributed by atoms with E-state index >= 15 is 0 Å². The molecule has 5 heteroatoms. The number of hydrogen-bond acceptors (Lipinski definition) is 5. The fourth-order valence-corrected chi connectivity index (χ4v) is 3.39. The zero-order valence-electron chi connectivity index (χ0n) is 10.4. The van der Waals surface area contributed by atoms with Crippen molar-refractivity contribution in [2.45, 2.75) is 32.4 Å². The van der Waals surface area contributed by atoms with Crippen LogP contribution in [0.5, 0.6) is 0 Å². The summed E-state index contributed by atoms with van der Waals surface area (Å²) >= 11 is 3.41. The van der Waals surface area contributed by atoms with Gasteiger partial charge < -0.3 is 10.4 Å². The second kappa shape index (κ2) is 6.99. The van der Waals surface area contributed by atoms with Crippen LogP contribution < -0.4 is 5.32 Å². The van der Waals surface area contributed by atoms with E-state index in [0.717, 1.165) is 30.1 Å². The van der Waals surface area contributed by atoms with Gasteiger partial charge in [-0.2, -0.15) is 0 Å². The van der Waals surface area contributed by atoms with Crippen molar-refractivity contribution >= 4 is 22.7 Å². The number of hydrogen-bond donors (Lipinski definition) is 2. The fourth-order valence-electron chi connectivity index (χ4n) is 1.76. The quantitative estimate of drug-likeness (QED) is 0.820. The molecule has 2 rings (SSSR count). The minimum Gasteiger partial charge on any atom is -0.396 e. The molecule has 0 aliphatic heterocycles. The lowest BCUT2D eigenvalue weighted by Crippen LogP contribution is -2.28. The largest absolute Gasteiger partial charge is 0.396 e. The van der Waals surface area contributed by atoms with E-state index in [4.69, 9.17) is 5.11 Å².